The number of hydrogen-bond donors (Lipinski definition) is 1. The molecule has 0 spiro atoms. The van der Waals surface area contributed by atoms with Crippen LogP contribution in [0.15, 0.2) is 0 Å². The van der Waals surface area contributed by atoms with Crippen LogP contribution in [-0.4, -0.2) is 52.3 Å². The highest BCUT2D eigenvalue weighted by atomic mass is 32.2. The van der Waals surface area contributed by atoms with Gasteiger partial charge in [-0.25, -0.2) is 0 Å². The summed E-state index contributed by atoms with van der Waals surface area (Å²) in [7, 11) is -0.690. The third kappa shape index (κ3) is 4.27. The second-order valence-electron chi connectivity index (χ2n) is 6.55. The number of rotatable bonds is 4. The molecule has 4 unspecified atom stereocenters. The van der Waals surface area contributed by atoms with Crippen LogP contribution in [0.2, 0.25) is 0 Å². The molecule has 0 aromatic rings. The number of nitrogens with one attached hydrogen (secondary N) is 1. The molecule has 0 amide bonds. The van der Waals surface area contributed by atoms with Crippen molar-refractivity contribution in [3.05, 3.63) is 0 Å². The molecule has 1 saturated heterocycles. The Hall–Kier alpha value is 0.0700. The van der Waals surface area contributed by atoms with Crippen LogP contribution < -0.4 is 5.32 Å². The Morgan fingerprint density at radius 1 is 1.32 bits per heavy atom. The third-order valence-electron chi connectivity index (χ3n) is 4.91. The molecule has 2 fully saturated rings. The predicted molar refractivity (Wildman–Crippen MR) is 82.9 cm³/mol. The zero-order valence-electron chi connectivity index (χ0n) is 12.7. The number of piperazine rings is 1. The molecule has 0 aromatic heterocycles. The zero-order chi connectivity index (χ0) is 13.8. The van der Waals surface area contributed by atoms with Crippen LogP contribution in [0.25, 0.3) is 0 Å². The third-order valence-corrected chi connectivity index (χ3v) is 5.86. The van der Waals surface area contributed by atoms with Crippen molar-refractivity contribution in [2.75, 3.05) is 25.1 Å². The lowest BCUT2D eigenvalue weighted by Crippen LogP contribution is -2.60. The lowest BCUT2D eigenvalue weighted by atomic mass is 9.82. The summed E-state index contributed by atoms with van der Waals surface area (Å²) < 4.78 is 11.5. The molecule has 1 N–H and O–H groups in total. The Bertz CT molecular complexity index is 305. The zero-order valence-corrected chi connectivity index (χ0v) is 13.5. The Morgan fingerprint density at radius 3 is 2.63 bits per heavy atom. The van der Waals surface area contributed by atoms with Gasteiger partial charge in [-0.2, -0.15) is 0 Å². The van der Waals surface area contributed by atoms with Crippen LogP contribution in [-0.2, 0) is 10.8 Å². The molecule has 2 rings (SSSR count). The topological polar surface area (TPSA) is 32.3 Å². The minimum atomic E-state index is -0.690. The van der Waals surface area contributed by atoms with Gasteiger partial charge in [-0.05, 0) is 32.6 Å². The van der Waals surface area contributed by atoms with Gasteiger partial charge in [0.2, 0.25) is 0 Å². The summed E-state index contributed by atoms with van der Waals surface area (Å²) in [5.41, 5.74) is 0. The summed E-state index contributed by atoms with van der Waals surface area (Å²) in [6, 6.07) is 1.66. The summed E-state index contributed by atoms with van der Waals surface area (Å²) in [6.45, 7) is 6.76. The van der Waals surface area contributed by atoms with E-state index in [1.807, 2.05) is 6.26 Å². The van der Waals surface area contributed by atoms with E-state index in [0.717, 1.165) is 24.8 Å². The van der Waals surface area contributed by atoms with E-state index in [2.05, 4.69) is 24.1 Å². The Labute approximate surface area is 121 Å². The molecule has 4 heteroatoms. The molecule has 3 nitrogen and oxygen atoms in total. The fourth-order valence-electron chi connectivity index (χ4n) is 3.81. The van der Waals surface area contributed by atoms with Gasteiger partial charge in [0.15, 0.2) is 0 Å². The average Bonchev–Trinajstić information content (AvgIpc) is 2.39. The van der Waals surface area contributed by atoms with Gasteiger partial charge >= 0.3 is 0 Å². The molecule has 0 bridgehead atoms. The van der Waals surface area contributed by atoms with Crippen molar-refractivity contribution < 1.29 is 4.21 Å². The van der Waals surface area contributed by atoms with Crippen LogP contribution in [0.5, 0.6) is 0 Å². The molecule has 112 valence electrons. The molecule has 1 aliphatic carbocycles. The molecular weight excluding hydrogens is 256 g/mol. The lowest BCUT2D eigenvalue weighted by molar-refractivity contribution is 0.0798. The maximum atomic E-state index is 11.5. The largest absolute Gasteiger partial charge is 0.311 e. The van der Waals surface area contributed by atoms with Crippen LogP contribution in [0.3, 0.4) is 0 Å². The first-order chi connectivity index (χ1) is 9.08. The highest BCUT2D eigenvalue weighted by molar-refractivity contribution is 7.84. The lowest BCUT2D eigenvalue weighted by Gasteiger charge is -2.45. The van der Waals surface area contributed by atoms with Crippen molar-refractivity contribution in [3.63, 3.8) is 0 Å². The number of hydrogen-bond acceptors (Lipinski definition) is 3. The molecule has 0 aromatic carbocycles. The smallest absolute Gasteiger partial charge is 0.0385 e. The fraction of sp³-hybridized carbons (Fsp3) is 1.00. The first-order valence-corrected chi connectivity index (χ1v) is 9.59. The van der Waals surface area contributed by atoms with Gasteiger partial charge in [-0.1, -0.05) is 19.3 Å². The molecule has 1 heterocycles. The van der Waals surface area contributed by atoms with E-state index in [4.69, 9.17) is 0 Å². The number of nitrogens with zero attached hydrogens (tertiary/aromatic N) is 1. The molecular formula is C15H30N2OS. The SMILES string of the molecule is CC1CNC(C2CCCCC2)CN1C(C)CS(C)=O. The molecule has 1 saturated carbocycles. The Morgan fingerprint density at radius 2 is 2.00 bits per heavy atom. The van der Waals surface area contributed by atoms with Crippen molar-refractivity contribution in [1.82, 2.24) is 10.2 Å². The summed E-state index contributed by atoms with van der Waals surface area (Å²) in [4.78, 5) is 2.58. The van der Waals surface area contributed by atoms with Crippen molar-refractivity contribution in [2.45, 2.75) is 64.1 Å². The molecule has 0 radical (unpaired) electrons. The van der Waals surface area contributed by atoms with Gasteiger partial charge < -0.3 is 5.32 Å². The van der Waals surface area contributed by atoms with E-state index in [-0.39, 0.29) is 0 Å². The second kappa shape index (κ2) is 7.19. The minimum absolute atomic E-state index is 0.439. The van der Waals surface area contributed by atoms with Crippen LogP contribution in [0.4, 0.5) is 0 Å². The maximum absolute atomic E-state index is 11.5. The Kier molecular flexibility index (Phi) is 5.85. The summed E-state index contributed by atoms with van der Waals surface area (Å²) in [6.07, 6.45) is 8.86. The molecule has 2 aliphatic rings. The fourth-order valence-corrected chi connectivity index (χ4v) is 4.68. The van der Waals surface area contributed by atoms with Gasteiger partial charge in [0.25, 0.3) is 0 Å². The summed E-state index contributed by atoms with van der Waals surface area (Å²) in [5, 5.41) is 3.76. The van der Waals surface area contributed by atoms with Crippen molar-refractivity contribution in [3.8, 4) is 0 Å². The van der Waals surface area contributed by atoms with Crippen molar-refractivity contribution in [2.24, 2.45) is 5.92 Å². The van der Waals surface area contributed by atoms with Gasteiger partial charge in [0.1, 0.15) is 0 Å². The van der Waals surface area contributed by atoms with Gasteiger partial charge in [0, 0.05) is 54.0 Å². The van der Waals surface area contributed by atoms with Gasteiger partial charge in [-0.15, -0.1) is 0 Å². The van der Waals surface area contributed by atoms with E-state index in [0.29, 0.717) is 18.1 Å². The summed E-state index contributed by atoms with van der Waals surface area (Å²) in [5.74, 6) is 1.67. The molecule has 19 heavy (non-hydrogen) atoms. The van der Waals surface area contributed by atoms with Crippen molar-refractivity contribution >= 4 is 10.8 Å². The predicted octanol–water partition coefficient (Wildman–Crippen LogP) is 2.00. The quantitative estimate of drug-likeness (QED) is 0.858. The Balaban J connectivity index is 1.92. The minimum Gasteiger partial charge on any atom is -0.311 e. The molecule has 4 atom stereocenters. The van der Waals surface area contributed by atoms with Crippen LogP contribution in [0, 0.1) is 5.92 Å². The van der Waals surface area contributed by atoms with E-state index >= 15 is 0 Å². The van der Waals surface area contributed by atoms with E-state index < -0.39 is 10.8 Å². The van der Waals surface area contributed by atoms with E-state index in [9.17, 15) is 4.21 Å². The van der Waals surface area contributed by atoms with Gasteiger partial charge in [-0.3, -0.25) is 9.11 Å². The second-order valence-corrected chi connectivity index (χ2v) is 8.03. The maximum Gasteiger partial charge on any atom is 0.0385 e. The van der Waals surface area contributed by atoms with E-state index in [1.165, 1.54) is 32.1 Å². The molecule has 1 aliphatic heterocycles. The van der Waals surface area contributed by atoms with Crippen LogP contribution >= 0.6 is 0 Å². The van der Waals surface area contributed by atoms with E-state index in [1.54, 1.807) is 0 Å². The van der Waals surface area contributed by atoms with Crippen molar-refractivity contribution in [1.29, 1.82) is 0 Å². The normalized spacial score (nSPS) is 34.1. The van der Waals surface area contributed by atoms with Crippen LogP contribution in [0.1, 0.15) is 46.0 Å². The standard InChI is InChI=1S/C15H30N2OS/c1-12-9-16-15(14-7-5-4-6-8-14)10-17(12)13(2)11-19(3)18/h12-16H,4-11H2,1-3H3. The average molecular weight is 286 g/mol. The summed E-state index contributed by atoms with van der Waals surface area (Å²) >= 11 is 0. The monoisotopic (exact) mass is 286 g/mol. The first-order valence-electron chi connectivity index (χ1n) is 7.87. The highest BCUT2D eigenvalue weighted by Crippen LogP contribution is 2.28. The highest BCUT2D eigenvalue weighted by Gasteiger charge is 2.33. The first kappa shape index (κ1) is 15.5. The van der Waals surface area contributed by atoms with Gasteiger partial charge in [0.05, 0.1) is 0 Å².